The molecule has 0 aliphatic rings. The van der Waals surface area contributed by atoms with E-state index in [9.17, 15) is 4.39 Å². The van der Waals surface area contributed by atoms with E-state index in [4.69, 9.17) is 10.9 Å². The van der Waals surface area contributed by atoms with Gasteiger partial charge in [0.05, 0.1) is 11.7 Å². The fourth-order valence-electron chi connectivity index (χ4n) is 1.22. The number of rotatable bonds is 0. The van der Waals surface area contributed by atoms with Crippen molar-refractivity contribution in [3.05, 3.63) is 30.2 Å². The van der Waals surface area contributed by atoms with Gasteiger partial charge in [-0.15, -0.1) is 0 Å². The monoisotopic (exact) mass is 194 g/mol. The van der Waals surface area contributed by atoms with Gasteiger partial charge in [0.15, 0.2) is 0 Å². The van der Waals surface area contributed by atoms with Crippen molar-refractivity contribution < 1.29 is 9.60 Å². The lowest BCUT2D eigenvalue weighted by Crippen LogP contribution is -2.23. The lowest BCUT2D eigenvalue weighted by atomic mass is 10.2. The van der Waals surface area contributed by atoms with Gasteiger partial charge in [-0.2, -0.15) is 9.78 Å². The van der Waals surface area contributed by atoms with E-state index in [1.54, 1.807) is 6.07 Å². The zero-order chi connectivity index (χ0) is 10.1. The van der Waals surface area contributed by atoms with Crippen molar-refractivity contribution in [2.45, 2.75) is 0 Å². The molecule has 6 heteroatoms. The fourth-order valence-corrected chi connectivity index (χ4v) is 1.22. The molecule has 0 aliphatic carbocycles. The van der Waals surface area contributed by atoms with E-state index < -0.39 is 5.82 Å². The summed E-state index contributed by atoms with van der Waals surface area (Å²) in [4.78, 5) is 0. The molecule has 0 saturated carbocycles. The smallest absolute Gasteiger partial charge is 0.258 e. The van der Waals surface area contributed by atoms with Crippen LogP contribution in [-0.4, -0.2) is 20.9 Å². The first-order chi connectivity index (χ1) is 6.72. The summed E-state index contributed by atoms with van der Waals surface area (Å²) in [7, 11) is 0. The van der Waals surface area contributed by atoms with Crippen LogP contribution in [0, 0.1) is 5.82 Å². The standard InChI is InChI=1S/C8H7FN4O/c9-6-2-1-5-4-11-13(7(5)3-6)8(10)12-14/h1-4,14H,(H2,10,12). The number of aromatic nitrogens is 2. The van der Waals surface area contributed by atoms with Gasteiger partial charge in [0.2, 0.25) is 0 Å². The van der Waals surface area contributed by atoms with Gasteiger partial charge in [0.25, 0.3) is 5.96 Å². The van der Waals surface area contributed by atoms with E-state index in [2.05, 4.69) is 10.3 Å². The highest BCUT2D eigenvalue weighted by molar-refractivity contribution is 5.91. The first-order valence-electron chi connectivity index (χ1n) is 3.83. The first kappa shape index (κ1) is 8.49. The molecular weight excluding hydrogens is 187 g/mol. The highest BCUT2D eigenvalue weighted by atomic mass is 19.1. The van der Waals surface area contributed by atoms with E-state index in [0.717, 1.165) is 10.1 Å². The normalized spacial score (nSPS) is 12.2. The topological polar surface area (TPSA) is 76.4 Å². The number of hydrogen-bond acceptors (Lipinski definition) is 3. The van der Waals surface area contributed by atoms with Gasteiger partial charge in [-0.05, 0) is 17.3 Å². The first-order valence-corrected chi connectivity index (χ1v) is 3.83. The molecular formula is C8H7FN4O. The Morgan fingerprint density at radius 3 is 3.07 bits per heavy atom. The Labute approximate surface area is 78.2 Å². The molecule has 3 N–H and O–H groups in total. The Morgan fingerprint density at radius 1 is 1.57 bits per heavy atom. The van der Waals surface area contributed by atoms with E-state index in [-0.39, 0.29) is 5.96 Å². The molecule has 1 heterocycles. The SMILES string of the molecule is NC(=NO)n1ncc2ccc(F)cc21. The highest BCUT2D eigenvalue weighted by Crippen LogP contribution is 2.14. The molecule has 1 aromatic heterocycles. The molecule has 0 unspecified atom stereocenters. The summed E-state index contributed by atoms with van der Waals surface area (Å²) in [5, 5.41) is 15.8. The van der Waals surface area contributed by atoms with Crippen LogP contribution < -0.4 is 5.73 Å². The van der Waals surface area contributed by atoms with Crippen LogP contribution in [0.5, 0.6) is 0 Å². The number of nitrogens with zero attached hydrogens (tertiary/aromatic N) is 3. The minimum atomic E-state index is -0.398. The van der Waals surface area contributed by atoms with Crippen molar-refractivity contribution in [2.24, 2.45) is 10.9 Å². The van der Waals surface area contributed by atoms with Crippen molar-refractivity contribution in [2.75, 3.05) is 0 Å². The van der Waals surface area contributed by atoms with E-state index in [0.29, 0.717) is 5.52 Å². The summed E-state index contributed by atoms with van der Waals surface area (Å²) in [6.07, 6.45) is 1.51. The molecule has 0 amide bonds. The van der Waals surface area contributed by atoms with Gasteiger partial charge in [-0.3, -0.25) is 0 Å². The zero-order valence-corrected chi connectivity index (χ0v) is 7.05. The Kier molecular flexibility index (Phi) is 1.81. The third kappa shape index (κ3) is 1.17. The van der Waals surface area contributed by atoms with Crippen molar-refractivity contribution >= 4 is 16.9 Å². The maximum atomic E-state index is 12.9. The van der Waals surface area contributed by atoms with Gasteiger partial charge in [0, 0.05) is 11.5 Å². The molecule has 72 valence electrons. The number of hydrogen-bond donors (Lipinski definition) is 2. The van der Waals surface area contributed by atoms with Crippen LogP contribution in [0.3, 0.4) is 0 Å². The summed E-state index contributed by atoms with van der Waals surface area (Å²) in [6.45, 7) is 0. The number of oxime groups is 1. The van der Waals surface area contributed by atoms with E-state index in [1.165, 1.54) is 18.3 Å². The third-order valence-corrected chi connectivity index (χ3v) is 1.85. The fraction of sp³-hybridized carbons (Fsp3) is 0. The third-order valence-electron chi connectivity index (χ3n) is 1.85. The molecule has 2 aromatic rings. The van der Waals surface area contributed by atoms with Gasteiger partial charge < -0.3 is 10.9 Å². The molecule has 0 bridgehead atoms. The van der Waals surface area contributed by atoms with Crippen molar-refractivity contribution in [1.29, 1.82) is 0 Å². The van der Waals surface area contributed by atoms with Gasteiger partial charge >= 0.3 is 0 Å². The number of benzene rings is 1. The number of fused-ring (bicyclic) bond motifs is 1. The van der Waals surface area contributed by atoms with Crippen molar-refractivity contribution in [3.63, 3.8) is 0 Å². The average molecular weight is 194 g/mol. The Hall–Kier alpha value is -2.11. The minimum Gasteiger partial charge on any atom is -0.408 e. The lowest BCUT2D eigenvalue weighted by molar-refractivity contribution is 0.315. The van der Waals surface area contributed by atoms with Crippen LogP contribution in [0.2, 0.25) is 0 Å². The van der Waals surface area contributed by atoms with Gasteiger partial charge in [-0.1, -0.05) is 0 Å². The van der Waals surface area contributed by atoms with Crippen molar-refractivity contribution in [3.8, 4) is 0 Å². The molecule has 1 aromatic carbocycles. The molecule has 0 saturated heterocycles. The Bertz CT molecular complexity index is 505. The van der Waals surface area contributed by atoms with Crippen LogP contribution >= 0.6 is 0 Å². The van der Waals surface area contributed by atoms with Crippen molar-refractivity contribution in [1.82, 2.24) is 9.78 Å². The maximum absolute atomic E-state index is 12.9. The summed E-state index contributed by atoms with van der Waals surface area (Å²) in [5.74, 6) is -0.601. The average Bonchev–Trinajstić information content (AvgIpc) is 2.59. The van der Waals surface area contributed by atoms with Gasteiger partial charge in [-0.25, -0.2) is 4.39 Å². The summed E-state index contributed by atoms with van der Waals surface area (Å²) in [5.41, 5.74) is 5.79. The highest BCUT2D eigenvalue weighted by Gasteiger charge is 2.06. The zero-order valence-electron chi connectivity index (χ0n) is 7.05. The molecule has 0 spiro atoms. The molecule has 0 atom stereocenters. The summed E-state index contributed by atoms with van der Waals surface area (Å²) < 4.78 is 14.0. The number of halogens is 1. The van der Waals surface area contributed by atoms with Crippen LogP contribution in [0.1, 0.15) is 0 Å². The summed E-state index contributed by atoms with van der Waals surface area (Å²) >= 11 is 0. The molecule has 14 heavy (non-hydrogen) atoms. The second-order valence-corrected chi connectivity index (χ2v) is 2.72. The minimum absolute atomic E-state index is 0.203. The largest absolute Gasteiger partial charge is 0.408 e. The van der Waals surface area contributed by atoms with Crippen LogP contribution in [0.4, 0.5) is 4.39 Å². The maximum Gasteiger partial charge on any atom is 0.258 e. The lowest BCUT2D eigenvalue weighted by Gasteiger charge is -1.98. The Morgan fingerprint density at radius 2 is 2.36 bits per heavy atom. The number of nitrogens with two attached hydrogens (primary N) is 1. The van der Waals surface area contributed by atoms with Crippen LogP contribution in [0.15, 0.2) is 29.6 Å². The quantitative estimate of drug-likeness (QED) is 0.281. The predicted molar refractivity (Wildman–Crippen MR) is 48.5 cm³/mol. The van der Waals surface area contributed by atoms with Crippen LogP contribution in [-0.2, 0) is 0 Å². The predicted octanol–water partition coefficient (Wildman–Crippen LogP) is 0.727. The van der Waals surface area contributed by atoms with E-state index >= 15 is 0 Å². The molecule has 0 aliphatic heterocycles. The molecule has 0 radical (unpaired) electrons. The second kappa shape index (κ2) is 2.99. The summed E-state index contributed by atoms with van der Waals surface area (Å²) in [6, 6.07) is 4.15. The van der Waals surface area contributed by atoms with Gasteiger partial charge in [0.1, 0.15) is 5.82 Å². The molecule has 2 rings (SSSR count). The van der Waals surface area contributed by atoms with E-state index in [1.807, 2.05) is 0 Å². The van der Waals surface area contributed by atoms with Crippen LogP contribution in [0.25, 0.3) is 10.9 Å². The second-order valence-electron chi connectivity index (χ2n) is 2.72. The molecule has 0 fully saturated rings. The molecule has 5 nitrogen and oxygen atoms in total. The Balaban J connectivity index is 2.73.